The summed E-state index contributed by atoms with van der Waals surface area (Å²) < 4.78 is 3.17. The normalized spacial score (nSPS) is 12.8. The van der Waals surface area contributed by atoms with Crippen molar-refractivity contribution in [2.45, 2.75) is 18.5 Å². The van der Waals surface area contributed by atoms with E-state index in [1.807, 2.05) is 41.4 Å². The molecule has 0 atom stereocenters. The van der Waals surface area contributed by atoms with Crippen LogP contribution in [0.1, 0.15) is 11.1 Å². The van der Waals surface area contributed by atoms with Gasteiger partial charge in [-0.05, 0) is 49.2 Å². The molecule has 0 unspecified atom stereocenters. The van der Waals surface area contributed by atoms with E-state index in [-0.39, 0.29) is 5.91 Å². The minimum atomic E-state index is 0.114. The minimum Gasteiger partial charge on any atom is -0.311 e. The molecule has 1 aliphatic rings. The number of hydrogen-bond donors (Lipinski definition) is 0. The lowest BCUT2D eigenvalue weighted by atomic mass is 10.1. The first-order chi connectivity index (χ1) is 15.6. The average Bonchev–Trinajstić information content (AvgIpc) is 3.43. The molecule has 0 bridgehead atoms. The standard InChI is InChI=1S/C26H22BrN3OS/c1-18-6-12-22(13-7-18)30-24(20-8-10-21(27)11-9-20)16-28-26(30)32-17-25(31)29-15-14-19-4-2-3-5-23(19)29/h2-13,16H,14-15,17H2,1H3. The molecule has 1 aromatic heterocycles. The Morgan fingerprint density at radius 2 is 1.78 bits per heavy atom. The number of thioether (sulfide) groups is 1. The van der Waals surface area contributed by atoms with Crippen molar-refractivity contribution in [1.29, 1.82) is 0 Å². The summed E-state index contributed by atoms with van der Waals surface area (Å²) in [6.07, 6.45) is 2.80. The molecule has 4 aromatic rings. The van der Waals surface area contributed by atoms with E-state index in [4.69, 9.17) is 4.98 Å². The Balaban J connectivity index is 1.44. The van der Waals surface area contributed by atoms with Crippen molar-refractivity contribution in [1.82, 2.24) is 9.55 Å². The van der Waals surface area contributed by atoms with Crippen molar-refractivity contribution in [3.63, 3.8) is 0 Å². The van der Waals surface area contributed by atoms with Gasteiger partial charge in [-0.2, -0.15) is 0 Å². The topological polar surface area (TPSA) is 38.1 Å². The van der Waals surface area contributed by atoms with E-state index < -0.39 is 0 Å². The summed E-state index contributed by atoms with van der Waals surface area (Å²) in [7, 11) is 0. The van der Waals surface area contributed by atoms with Crippen LogP contribution < -0.4 is 4.90 Å². The van der Waals surface area contributed by atoms with Gasteiger partial charge in [0.2, 0.25) is 5.91 Å². The van der Waals surface area contributed by atoms with E-state index in [0.29, 0.717) is 5.75 Å². The van der Waals surface area contributed by atoms with Gasteiger partial charge in [0.25, 0.3) is 0 Å². The molecule has 6 heteroatoms. The molecule has 0 fully saturated rings. The first-order valence-corrected chi connectivity index (χ1v) is 12.3. The molecule has 4 nitrogen and oxygen atoms in total. The highest BCUT2D eigenvalue weighted by Gasteiger charge is 2.25. The van der Waals surface area contributed by atoms with Crippen LogP contribution in [0.25, 0.3) is 16.9 Å². The molecule has 0 aliphatic carbocycles. The number of amides is 1. The lowest BCUT2D eigenvalue weighted by Crippen LogP contribution is -2.30. The van der Waals surface area contributed by atoms with Crippen molar-refractivity contribution >= 4 is 39.3 Å². The van der Waals surface area contributed by atoms with Gasteiger partial charge in [-0.25, -0.2) is 4.98 Å². The number of nitrogens with zero attached hydrogens (tertiary/aromatic N) is 3. The number of para-hydroxylation sites is 1. The van der Waals surface area contributed by atoms with Crippen LogP contribution in [0.4, 0.5) is 5.69 Å². The summed E-state index contributed by atoms with van der Waals surface area (Å²) in [6, 6.07) is 24.8. The van der Waals surface area contributed by atoms with Crippen molar-refractivity contribution in [3.8, 4) is 16.9 Å². The van der Waals surface area contributed by atoms with Gasteiger partial charge in [0, 0.05) is 28.0 Å². The molecule has 160 valence electrons. The summed E-state index contributed by atoms with van der Waals surface area (Å²) in [6.45, 7) is 2.82. The number of imidazole rings is 1. The van der Waals surface area contributed by atoms with Crippen molar-refractivity contribution in [3.05, 3.63) is 94.6 Å². The molecular weight excluding hydrogens is 482 g/mol. The van der Waals surface area contributed by atoms with E-state index in [1.54, 1.807) is 0 Å². The Morgan fingerprint density at radius 3 is 2.56 bits per heavy atom. The monoisotopic (exact) mass is 503 g/mol. The Morgan fingerprint density at radius 1 is 1.03 bits per heavy atom. The molecule has 0 radical (unpaired) electrons. The first-order valence-electron chi connectivity index (χ1n) is 10.5. The van der Waals surface area contributed by atoms with E-state index in [9.17, 15) is 4.79 Å². The highest BCUT2D eigenvalue weighted by Crippen LogP contribution is 2.32. The molecule has 1 amide bonds. The fourth-order valence-corrected chi connectivity index (χ4v) is 5.14. The number of hydrogen-bond acceptors (Lipinski definition) is 3. The molecule has 0 saturated heterocycles. The second kappa shape index (κ2) is 8.96. The zero-order chi connectivity index (χ0) is 22.1. The Labute approximate surface area is 200 Å². The Hall–Kier alpha value is -2.83. The molecule has 32 heavy (non-hydrogen) atoms. The molecule has 0 saturated carbocycles. The van der Waals surface area contributed by atoms with Gasteiger partial charge >= 0.3 is 0 Å². The molecule has 1 aliphatic heterocycles. The Bertz CT molecular complexity index is 1270. The van der Waals surface area contributed by atoms with E-state index >= 15 is 0 Å². The van der Waals surface area contributed by atoms with Crippen LogP contribution in [-0.4, -0.2) is 27.8 Å². The predicted molar refractivity (Wildman–Crippen MR) is 135 cm³/mol. The maximum Gasteiger partial charge on any atom is 0.237 e. The molecule has 2 heterocycles. The van der Waals surface area contributed by atoms with Crippen LogP contribution in [0.15, 0.2) is 88.6 Å². The van der Waals surface area contributed by atoms with E-state index in [2.05, 4.69) is 69.9 Å². The van der Waals surface area contributed by atoms with Crippen molar-refractivity contribution < 1.29 is 4.79 Å². The fraction of sp³-hybridized carbons (Fsp3) is 0.154. The first kappa shape index (κ1) is 21.0. The third kappa shape index (κ3) is 4.12. The number of carbonyl (C=O) groups is 1. The zero-order valence-electron chi connectivity index (χ0n) is 17.7. The van der Waals surface area contributed by atoms with Gasteiger partial charge in [0.05, 0.1) is 17.6 Å². The molecule has 5 rings (SSSR count). The summed E-state index contributed by atoms with van der Waals surface area (Å²) in [4.78, 5) is 19.7. The van der Waals surface area contributed by atoms with Gasteiger partial charge in [0.15, 0.2) is 5.16 Å². The van der Waals surface area contributed by atoms with Crippen LogP contribution in [0.2, 0.25) is 0 Å². The highest BCUT2D eigenvalue weighted by atomic mass is 79.9. The third-order valence-corrected chi connectivity index (χ3v) is 7.14. The quantitative estimate of drug-likeness (QED) is 0.300. The number of aryl methyl sites for hydroxylation is 1. The lowest BCUT2D eigenvalue weighted by Gasteiger charge is -2.17. The molecule has 3 aromatic carbocycles. The van der Waals surface area contributed by atoms with Gasteiger partial charge in [-0.1, -0.05) is 75.7 Å². The number of anilines is 1. The smallest absolute Gasteiger partial charge is 0.237 e. The van der Waals surface area contributed by atoms with Crippen LogP contribution in [-0.2, 0) is 11.2 Å². The third-order valence-electron chi connectivity index (χ3n) is 5.67. The highest BCUT2D eigenvalue weighted by molar-refractivity contribution is 9.10. The number of benzene rings is 3. The average molecular weight is 504 g/mol. The number of rotatable bonds is 5. The lowest BCUT2D eigenvalue weighted by molar-refractivity contribution is -0.116. The second-order valence-electron chi connectivity index (χ2n) is 7.82. The number of carbonyl (C=O) groups excluding carboxylic acids is 1. The van der Waals surface area contributed by atoms with Gasteiger partial charge < -0.3 is 4.90 Å². The number of halogens is 1. The Kier molecular flexibility index (Phi) is 5.89. The van der Waals surface area contributed by atoms with Crippen LogP contribution in [0.3, 0.4) is 0 Å². The van der Waals surface area contributed by atoms with Crippen LogP contribution in [0.5, 0.6) is 0 Å². The molecular formula is C26H22BrN3OS. The SMILES string of the molecule is Cc1ccc(-n2c(-c3ccc(Br)cc3)cnc2SCC(=O)N2CCc3ccccc32)cc1. The summed E-state index contributed by atoms with van der Waals surface area (Å²) in [5.74, 6) is 0.459. The van der Waals surface area contributed by atoms with Crippen molar-refractivity contribution in [2.75, 3.05) is 17.2 Å². The largest absolute Gasteiger partial charge is 0.311 e. The summed E-state index contributed by atoms with van der Waals surface area (Å²) in [5.41, 5.74) is 6.60. The molecule has 0 N–H and O–H groups in total. The van der Waals surface area contributed by atoms with Crippen LogP contribution in [0, 0.1) is 6.92 Å². The fourth-order valence-electron chi connectivity index (χ4n) is 4.01. The van der Waals surface area contributed by atoms with E-state index in [1.165, 1.54) is 22.9 Å². The van der Waals surface area contributed by atoms with Crippen LogP contribution >= 0.6 is 27.7 Å². The number of fused-ring (bicyclic) bond motifs is 1. The summed E-state index contributed by atoms with van der Waals surface area (Å²) in [5, 5.41) is 0.813. The number of aromatic nitrogens is 2. The molecule has 0 spiro atoms. The predicted octanol–water partition coefficient (Wildman–Crippen LogP) is 6.29. The maximum absolute atomic E-state index is 13.1. The zero-order valence-corrected chi connectivity index (χ0v) is 20.1. The van der Waals surface area contributed by atoms with Gasteiger partial charge in [-0.15, -0.1) is 0 Å². The van der Waals surface area contributed by atoms with E-state index in [0.717, 1.165) is 45.2 Å². The minimum absolute atomic E-state index is 0.114. The van der Waals surface area contributed by atoms with Gasteiger partial charge in [0.1, 0.15) is 0 Å². The summed E-state index contributed by atoms with van der Waals surface area (Å²) >= 11 is 5.00. The second-order valence-corrected chi connectivity index (χ2v) is 9.67. The maximum atomic E-state index is 13.1. The van der Waals surface area contributed by atoms with Gasteiger partial charge in [-0.3, -0.25) is 9.36 Å². The van der Waals surface area contributed by atoms with Crippen molar-refractivity contribution in [2.24, 2.45) is 0 Å².